The van der Waals surface area contributed by atoms with Crippen LogP contribution in [0.2, 0.25) is 0 Å². The minimum absolute atomic E-state index is 0.267. The summed E-state index contributed by atoms with van der Waals surface area (Å²) in [5.74, 6) is -0.880. The van der Waals surface area contributed by atoms with Crippen molar-refractivity contribution in [3.05, 3.63) is 65.7 Å². The zero-order chi connectivity index (χ0) is 15.9. The van der Waals surface area contributed by atoms with Gasteiger partial charge in [-0.15, -0.1) is 0 Å². The van der Waals surface area contributed by atoms with Crippen LogP contribution in [0.25, 0.3) is 0 Å². The minimum atomic E-state index is -0.887. The molecule has 0 radical (unpaired) electrons. The Morgan fingerprint density at radius 2 is 1.64 bits per heavy atom. The summed E-state index contributed by atoms with van der Waals surface area (Å²) in [5.41, 5.74) is 1.15. The number of rotatable bonds is 5. The standard InChI is InChI=1S/C17H13NO4/c1-12(16(20)13-5-3-2-4-6-13)22-17(21)14-7-9-15(10-8-14)18-11-19/h2-10,12H,1H3. The third kappa shape index (κ3) is 3.75. The van der Waals surface area contributed by atoms with Gasteiger partial charge in [0, 0.05) is 5.56 Å². The average Bonchev–Trinajstić information content (AvgIpc) is 2.55. The van der Waals surface area contributed by atoms with E-state index in [1.165, 1.54) is 37.3 Å². The number of Topliss-reactive ketones (excluding diaryl/α,β-unsaturated/α-hetero) is 1. The third-order valence-corrected chi connectivity index (χ3v) is 2.99. The maximum Gasteiger partial charge on any atom is 0.338 e. The number of aliphatic imine (C=N–C) groups is 1. The van der Waals surface area contributed by atoms with Gasteiger partial charge in [-0.25, -0.2) is 9.59 Å². The molecule has 5 heteroatoms. The summed E-state index contributed by atoms with van der Waals surface area (Å²) in [6, 6.07) is 14.5. The zero-order valence-electron chi connectivity index (χ0n) is 11.9. The Morgan fingerprint density at radius 3 is 2.23 bits per heavy atom. The summed E-state index contributed by atoms with van der Waals surface area (Å²) in [5, 5.41) is 0. The topological polar surface area (TPSA) is 72.8 Å². The molecule has 0 bridgehead atoms. The van der Waals surface area contributed by atoms with Crippen molar-refractivity contribution in [1.82, 2.24) is 0 Å². The van der Waals surface area contributed by atoms with Gasteiger partial charge in [0.1, 0.15) is 0 Å². The lowest BCUT2D eigenvalue weighted by molar-refractivity contribution is 0.0319. The van der Waals surface area contributed by atoms with Gasteiger partial charge in [-0.3, -0.25) is 4.79 Å². The van der Waals surface area contributed by atoms with Crippen molar-refractivity contribution in [1.29, 1.82) is 0 Å². The van der Waals surface area contributed by atoms with Crippen LogP contribution in [0.3, 0.4) is 0 Å². The number of isocyanates is 1. The summed E-state index contributed by atoms with van der Waals surface area (Å²) in [6.07, 6.45) is 0.526. The van der Waals surface area contributed by atoms with Crippen LogP contribution >= 0.6 is 0 Å². The van der Waals surface area contributed by atoms with E-state index in [1.807, 2.05) is 0 Å². The van der Waals surface area contributed by atoms with Crippen molar-refractivity contribution in [3.8, 4) is 0 Å². The molecule has 22 heavy (non-hydrogen) atoms. The average molecular weight is 295 g/mol. The molecule has 0 aliphatic carbocycles. The van der Waals surface area contributed by atoms with E-state index in [0.717, 1.165) is 0 Å². The highest BCUT2D eigenvalue weighted by Gasteiger charge is 2.20. The molecule has 0 saturated heterocycles. The summed E-state index contributed by atoms with van der Waals surface area (Å²) in [6.45, 7) is 1.53. The van der Waals surface area contributed by atoms with Gasteiger partial charge in [-0.05, 0) is 31.2 Å². The van der Waals surface area contributed by atoms with Gasteiger partial charge in [0.05, 0.1) is 11.3 Å². The highest BCUT2D eigenvalue weighted by molar-refractivity contribution is 6.01. The molecule has 0 spiro atoms. The lowest BCUT2D eigenvalue weighted by atomic mass is 10.1. The van der Waals surface area contributed by atoms with Crippen LogP contribution in [0.5, 0.6) is 0 Å². The molecule has 110 valence electrons. The van der Waals surface area contributed by atoms with Crippen molar-refractivity contribution < 1.29 is 19.1 Å². The number of esters is 1. The van der Waals surface area contributed by atoms with Gasteiger partial charge in [-0.2, -0.15) is 4.99 Å². The van der Waals surface area contributed by atoms with Gasteiger partial charge in [0.2, 0.25) is 11.9 Å². The van der Waals surface area contributed by atoms with Crippen LogP contribution in [-0.2, 0) is 9.53 Å². The Morgan fingerprint density at radius 1 is 1.00 bits per heavy atom. The van der Waals surface area contributed by atoms with E-state index in [2.05, 4.69) is 4.99 Å². The van der Waals surface area contributed by atoms with E-state index in [1.54, 1.807) is 30.3 Å². The number of nitrogens with zero attached hydrogens (tertiary/aromatic N) is 1. The van der Waals surface area contributed by atoms with Crippen molar-refractivity contribution >= 4 is 23.5 Å². The Kier molecular flexibility index (Phi) is 4.96. The smallest absolute Gasteiger partial charge is 0.338 e. The van der Waals surface area contributed by atoms with Crippen LogP contribution < -0.4 is 0 Å². The second kappa shape index (κ2) is 7.11. The molecule has 0 aliphatic heterocycles. The van der Waals surface area contributed by atoms with E-state index in [4.69, 9.17) is 4.74 Å². The molecule has 0 aromatic heterocycles. The molecule has 2 aromatic carbocycles. The van der Waals surface area contributed by atoms with E-state index < -0.39 is 12.1 Å². The molecule has 0 heterocycles. The van der Waals surface area contributed by atoms with E-state index in [9.17, 15) is 14.4 Å². The first kappa shape index (κ1) is 15.4. The van der Waals surface area contributed by atoms with E-state index >= 15 is 0 Å². The number of benzene rings is 2. The molecular weight excluding hydrogens is 282 g/mol. The molecule has 0 aliphatic rings. The van der Waals surface area contributed by atoms with Crippen LogP contribution in [0.4, 0.5) is 5.69 Å². The zero-order valence-corrected chi connectivity index (χ0v) is 11.9. The molecular formula is C17H13NO4. The first-order valence-corrected chi connectivity index (χ1v) is 6.60. The number of ketones is 1. The lowest BCUT2D eigenvalue weighted by Gasteiger charge is -2.12. The number of hydrogen-bond acceptors (Lipinski definition) is 5. The van der Waals surface area contributed by atoms with Gasteiger partial charge < -0.3 is 4.74 Å². The molecule has 0 N–H and O–H groups in total. The molecule has 1 atom stereocenters. The Balaban J connectivity index is 2.04. The Bertz CT molecular complexity index is 716. The minimum Gasteiger partial charge on any atom is -0.451 e. The summed E-state index contributed by atoms with van der Waals surface area (Å²) in [4.78, 5) is 37.6. The van der Waals surface area contributed by atoms with Gasteiger partial charge in [0.25, 0.3) is 0 Å². The van der Waals surface area contributed by atoms with Crippen LogP contribution in [-0.4, -0.2) is 23.9 Å². The van der Waals surface area contributed by atoms with Crippen molar-refractivity contribution in [2.24, 2.45) is 4.99 Å². The lowest BCUT2D eigenvalue weighted by Crippen LogP contribution is -2.24. The highest BCUT2D eigenvalue weighted by atomic mass is 16.5. The first-order chi connectivity index (χ1) is 10.6. The molecule has 0 saturated carbocycles. The predicted molar refractivity (Wildman–Crippen MR) is 79.9 cm³/mol. The SMILES string of the molecule is CC(OC(=O)c1ccc(N=C=O)cc1)C(=O)c1ccccc1. The highest BCUT2D eigenvalue weighted by Crippen LogP contribution is 2.14. The van der Waals surface area contributed by atoms with E-state index in [0.29, 0.717) is 11.3 Å². The molecule has 1 unspecified atom stereocenters. The fourth-order valence-electron chi connectivity index (χ4n) is 1.84. The molecule has 0 amide bonds. The largest absolute Gasteiger partial charge is 0.451 e. The second-order valence-electron chi connectivity index (χ2n) is 4.53. The molecule has 2 rings (SSSR count). The molecule has 2 aromatic rings. The fourth-order valence-corrected chi connectivity index (χ4v) is 1.84. The predicted octanol–water partition coefficient (Wildman–Crippen LogP) is 3.08. The molecule has 5 nitrogen and oxygen atoms in total. The Hall–Kier alpha value is -3.04. The van der Waals surface area contributed by atoms with Crippen LogP contribution in [0.15, 0.2) is 59.6 Å². The van der Waals surface area contributed by atoms with Crippen LogP contribution in [0, 0.1) is 0 Å². The number of hydrogen-bond donors (Lipinski definition) is 0. The normalized spacial score (nSPS) is 11.1. The van der Waals surface area contributed by atoms with Crippen molar-refractivity contribution in [2.75, 3.05) is 0 Å². The first-order valence-electron chi connectivity index (χ1n) is 6.60. The maximum atomic E-state index is 12.1. The fraction of sp³-hybridized carbons (Fsp3) is 0.118. The maximum absolute atomic E-state index is 12.1. The van der Waals surface area contributed by atoms with Crippen molar-refractivity contribution in [2.45, 2.75) is 13.0 Å². The second-order valence-corrected chi connectivity index (χ2v) is 4.53. The summed E-state index contributed by atoms with van der Waals surface area (Å²) >= 11 is 0. The number of carbonyl (C=O) groups excluding carboxylic acids is 3. The summed E-state index contributed by atoms with van der Waals surface area (Å²) in [7, 11) is 0. The quantitative estimate of drug-likeness (QED) is 0.368. The third-order valence-electron chi connectivity index (χ3n) is 2.99. The number of ether oxygens (including phenoxy) is 1. The van der Waals surface area contributed by atoms with E-state index in [-0.39, 0.29) is 11.3 Å². The van der Waals surface area contributed by atoms with Crippen LogP contribution in [0.1, 0.15) is 27.6 Å². The van der Waals surface area contributed by atoms with Gasteiger partial charge in [0.15, 0.2) is 6.10 Å². The van der Waals surface area contributed by atoms with Gasteiger partial charge in [-0.1, -0.05) is 30.3 Å². The Labute approximate surface area is 127 Å². The van der Waals surface area contributed by atoms with Gasteiger partial charge >= 0.3 is 5.97 Å². The molecule has 0 fully saturated rings. The summed E-state index contributed by atoms with van der Waals surface area (Å²) < 4.78 is 5.16. The van der Waals surface area contributed by atoms with Crippen molar-refractivity contribution in [3.63, 3.8) is 0 Å². The number of carbonyl (C=O) groups is 2. The monoisotopic (exact) mass is 295 g/mol.